The van der Waals surface area contributed by atoms with Crippen molar-refractivity contribution in [3.63, 3.8) is 0 Å². The molecule has 2 fully saturated rings. The second-order valence-electron chi connectivity index (χ2n) is 6.28. The standard InChI is InChI=1S/C13H25N5O4/c14-10(17-18-15)4-2-7-1-3-8-6-16-11(12(19)20)13(21,22)9(8)5-7/h7-9,11,16,18,21-22H,1-6,15H2,(H2,14,17)(H,19,20). The number of fused-ring (bicyclic) bond motifs is 1. The molecule has 1 aliphatic heterocycles. The smallest absolute Gasteiger partial charge is 0.326 e. The lowest BCUT2D eigenvalue weighted by atomic mass is 9.66. The Balaban J connectivity index is 1.99. The van der Waals surface area contributed by atoms with Crippen LogP contribution in [-0.2, 0) is 4.79 Å². The van der Waals surface area contributed by atoms with E-state index in [-0.39, 0.29) is 11.8 Å². The molecule has 0 aromatic rings. The maximum atomic E-state index is 11.2. The molecule has 1 saturated carbocycles. The summed E-state index contributed by atoms with van der Waals surface area (Å²) in [5.74, 6) is 1.89. The molecule has 9 nitrogen and oxygen atoms in total. The third kappa shape index (κ3) is 3.49. The summed E-state index contributed by atoms with van der Waals surface area (Å²) >= 11 is 0. The Kier molecular flexibility index (Phi) is 5.22. The van der Waals surface area contributed by atoms with E-state index in [0.717, 1.165) is 19.3 Å². The van der Waals surface area contributed by atoms with Crippen LogP contribution in [-0.4, -0.2) is 45.5 Å². The number of nitrogens with one attached hydrogen (secondary N) is 2. The fraction of sp³-hybridized carbons (Fsp3) is 0.846. The van der Waals surface area contributed by atoms with Crippen molar-refractivity contribution in [2.75, 3.05) is 6.54 Å². The number of nitrogens with zero attached hydrogens (tertiary/aromatic N) is 1. The molecule has 0 bridgehead atoms. The summed E-state index contributed by atoms with van der Waals surface area (Å²) in [6.45, 7) is 0.498. The molecule has 0 aromatic carbocycles. The number of carboxylic acid groups (broad SMARTS) is 1. The number of nitrogens with two attached hydrogens (primary N) is 2. The van der Waals surface area contributed by atoms with E-state index in [1.165, 1.54) is 0 Å². The van der Waals surface area contributed by atoms with E-state index in [9.17, 15) is 15.0 Å². The van der Waals surface area contributed by atoms with Crippen molar-refractivity contribution in [1.29, 1.82) is 0 Å². The number of rotatable bonds is 5. The lowest BCUT2D eigenvalue weighted by Crippen LogP contribution is -2.67. The molecule has 4 atom stereocenters. The van der Waals surface area contributed by atoms with Gasteiger partial charge in [-0.25, -0.2) is 11.4 Å². The van der Waals surface area contributed by atoms with E-state index in [4.69, 9.17) is 16.7 Å². The maximum Gasteiger partial charge on any atom is 0.326 e. The summed E-state index contributed by atoms with van der Waals surface area (Å²) < 4.78 is 0. The zero-order chi connectivity index (χ0) is 16.3. The van der Waals surface area contributed by atoms with Crippen molar-refractivity contribution in [1.82, 2.24) is 10.9 Å². The highest BCUT2D eigenvalue weighted by molar-refractivity contribution is 5.79. The Bertz CT molecular complexity index is 442. The molecule has 9 heteroatoms. The minimum atomic E-state index is -2.23. The first kappa shape index (κ1) is 16.9. The predicted octanol–water partition coefficient (Wildman–Crippen LogP) is -1.73. The Morgan fingerprint density at radius 2 is 2.14 bits per heavy atom. The number of aliphatic carboxylic acids is 1. The fourth-order valence-electron chi connectivity index (χ4n) is 3.74. The van der Waals surface area contributed by atoms with Crippen molar-refractivity contribution in [3.8, 4) is 0 Å². The predicted molar refractivity (Wildman–Crippen MR) is 79.1 cm³/mol. The number of hydrogen-bond donors (Lipinski definition) is 7. The average molecular weight is 315 g/mol. The van der Waals surface area contributed by atoms with Crippen LogP contribution >= 0.6 is 0 Å². The Morgan fingerprint density at radius 1 is 1.41 bits per heavy atom. The van der Waals surface area contributed by atoms with E-state index in [1.807, 2.05) is 0 Å². The van der Waals surface area contributed by atoms with Crippen LogP contribution in [0, 0.1) is 17.8 Å². The highest BCUT2D eigenvalue weighted by atomic mass is 16.5. The van der Waals surface area contributed by atoms with Gasteiger partial charge in [0.1, 0.15) is 5.84 Å². The monoisotopic (exact) mass is 315 g/mol. The maximum absolute atomic E-state index is 11.2. The van der Waals surface area contributed by atoms with Crippen LogP contribution in [0.4, 0.5) is 0 Å². The number of hydrogen-bond acceptors (Lipinski definition) is 7. The normalized spacial score (nSPS) is 34.8. The minimum absolute atomic E-state index is 0.0820. The molecule has 0 amide bonds. The zero-order valence-corrected chi connectivity index (χ0v) is 12.4. The third-order valence-corrected chi connectivity index (χ3v) is 4.92. The van der Waals surface area contributed by atoms with E-state index in [2.05, 4.69) is 16.0 Å². The molecule has 1 saturated heterocycles. The van der Waals surface area contributed by atoms with Gasteiger partial charge in [-0.05, 0) is 37.6 Å². The highest BCUT2D eigenvalue weighted by Gasteiger charge is 2.54. The van der Waals surface area contributed by atoms with Crippen LogP contribution in [0.2, 0.25) is 0 Å². The van der Waals surface area contributed by atoms with Crippen LogP contribution in [0.1, 0.15) is 32.1 Å². The minimum Gasteiger partial charge on any atom is -0.480 e. The molecule has 0 radical (unpaired) electrons. The number of carboxylic acids is 1. The van der Waals surface area contributed by atoms with Gasteiger partial charge in [0.25, 0.3) is 0 Å². The highest BCUT2D eigenvalue weighted by Crippen LogP contribution is 2.43. The van der Waals surface area contributed by atoms with Crippen LogP contribution in [0.3, 0.4) is 0 Å². The first-order valence-electron chi connectivity index (χ1n) is 7.54. The summed E-state index contributed by atoms with van der Waals surface area (Å²) in [5.41, 5.74) is 7.81. The van der Waals surface area contributed by atoms with Crippen molar-refractivity contribution < 1.29 is 20.1 Å². The number of hydrazine groups is 1. The van der Waals surface area contributed by atoms with Crippen molar-refractivity contribution in [2.45, 2.75) is 43.9 Å². The average Bonchev–Trinajstić information content (AvgIpc) is 2.45. The van der Waals surface area contributed by atoms with E-state index in [1.54, 1.807) is 0 Å². The summed E-state index contributed by atoms with van der Waals surface area (Å²) in [5, 5.41) is 36.2. The van der Waals surface area contributed by atoms with Crippen molar-refractivity contribution >= 4 is 11.8 Å². The number of carbonyl (C=O) groups is 1. The van der Waals surface area contributed by atoms with Gasteiger partial charge in [0.2, 0.25) is 0 Å². The molecule has 2 aliphatic rings. The van der Waals surface area contributed by atoms with Gasteiger partial charge in [0.15, 0.2) is 11.8 Å². The van der Waals surface area contributed by atoms with Crippen LogP contribution in [0.25, 0.3) is 0 Å². The first-order chi connectivity index (χ1) is 10.4. The Morgan fingerprint density at radius 3 is 2.77 bits per heavy atom. The Hall–Kier alpha value is -1.42. The zero-order valence-electron chi connectivity index (χ0n) is 12.4. The topological polar surface area (TPSA) is 166 Å². The number of aliphatic hydroxyl groups is 2. The molecular formula is C13H25N5O4. The number of amidine groups is 1. The van der Waals surface area contributed by atoms with Gasteiger partial charge in [0.05, 0.1) is 0 Å². The van der Waals surface area contributed by atoms with Crippen molar-refractivity contribution in [3.05, 3.63) is 0 Å². The first-order valence-corrected chi connectivity index (χ1v) is 7.54. The van der Waals surface area contributed by atoms with Gasteiger partial charge in [-0.3, -0.25) is 10.1 Å². The second kappa shape index (κ2) is 6.78. The largest absolute Gasteiger partial charge is 0.480 e. The molecular weight excluding hydrogens is 290 g/mol. The Labute approximate surface area is 128 Å². The van der Waals surface area contributed by atoms with Gasteiger partial charge in [0, 0.05) is 12.3 Å². The quantitative estimate of drug-likeness (QED) is 0.103. The van der Waals surface area contributed by atoms with E-state index < -0.39 is 23.7 Å². The molecule has 2 rings (SSSR count). The van der Waals surface area contributed by atoms with Gasteiger partial charge in [-0.2, -0.15) is 5.10 Å². The molecule has 22 heavy (non-hydrogen) atoms. The van der Waals surface area contributed by atoms with Gasteiger partial charge in [-0.1, -0.05) is 6.42 Å². The second-order valence-corrected chi connectivity index (χ2v) is 6.28. The molecule has 1 aliphatic carbocycles. The lowest BCUT2D eigenvalue weighted by Gasteiger charge is -2.49. The summed E-state index contributed by atoms with van der Waals surface area (Å²) in [6.07, 6.45) is 3.70. The van der Waals surface area contributed by atoms with Gasteiger partial charge >= 0.3 is 5.97 Å². The van der Waals surface area contributed by atoms with E-state index >= 15 is 0 Å². The van der Waals surface area contributed by atoms with Crippen molar-refractivity contribution in [2.24, 2.45) is 34.4 Å². The molecule has 0 spiro atoms. The summed E-state index contributed by atoms with van der Waals surface area (Å²) in [6, 6.07) is -1.35. The third-order valence-electron chi connectivity index (χ3n) is 4.92. The molecule has 126 valence electrons. The van der Waals surface area contributed by atoms with Crippen LogP contribution < -0.4 is 22.4 Å². The molecule has 9 N–H and O–H groups in total. The van der Waals surface area contributed by atoms with Crippen LogP contribution in [0.15, 0.2) is 5.10 Å². The van der Waals surface area contributed by atoms with Gasteiger partial charge < -0.3 is 21.1 Å². The van der Waals surface area contributed by atoms with E-state index in [0.29, 0.717) is 25.2 Å². The molecule has 4 unspecified atom stereocenters. The number of piperidine rings is 1. The number of hydrazone groups is 1. The summed E-state index contributed by atoms with van der Waals surface area (Å²) in [7, 11) is 0. The van der Waals surface area contributed by atoms with Crippen LogP contribution in [0.5, 0.6) is 0 Å². The van der Waals surface area contributed by atoms with Gasteiger partial charge in [-0.15, -0.1) is 0 Å². The molecule has 0 aromatic heterocycles. The molecule has 1 heterocycles. The lowest BCUT2D eigenvalue weighted by molar-refractivity contribution is -0.254. The fourth-order valence-corrected chi connectivity index (χ4v) is 3.74. The SMILES string of the molecule is NN/N=C(\N)CCC1CCC2CNC(C(=O)O)C(O)(O)C2C1. The summed E-state index contributed by atoms with van der Waals surface area (Å²) in [4.78, 5) is 11.2.